The van der Waals surface area contributed by atoms with Crippen LogP contribution in [0, 0.1) is 23.2 Å². The first-order valence-corrected chi connectivity index (χ1v) is 5.17. The Hall–Kier alpha value is -0.970. The van der Waals surface area contributed by atoms with Crippen LogP contribution in [0.2, 0.25) is 0 Å². The minimum Gasteiger partial charge on any atom is -0.373 e. The third-order valence-electron chi connectivity index (χ3n) is 2.89. The first kappa shape index (κ1) is 17.0. The van der Waals surface area contributed by atoms with Crippen molar-refractivity contribution in [2.24, 2.45) is 11.8 Å². The summed E-state index contributed by atoms with van der Waals surface area (Å²) in [6.45, 7) is 2.11. The van der Waals surface area contributed by atoms with Gasteiger partial charge in [-0.2, -0.15) is 31.6 Å². The van der Waals surface area contributed by atoms with E-state index in [1.54, 1.807) is 6.07 Å². The summed E-state index contributed by atoms with van der Waals surface area (Å²) >= 11 is 0. The number of nitriles is 1. The summed E-state index contributed by atoms with van der Waals surface area (Å²) in [5.74, 6) is -3.11. The Balaban J connectivity index is 5.32. The van der Waals surface area contributed by atoms with E-state index < -0.39 is 36.2 Å². The summed E-state index contributed by atoms with van der Waals surface area (Å²) in [7, 11) is 0. The maximum absolute atomic E-state index is 12.5. The van der Waals surface area contributed by atoms with Crippen molar-refractivity contribution in [2.45, 2.75) is 44.6 Å². The lowest BCUT2D eigenvalue weighted by atomic mass is 9.80. The monoisotopic (exact) mass is 277 g/mol. The predicted molar refractivity (Wildman–Crippen MR) is 50.2 cm³/mol. The molecule has 1 N–H and O–H groups in total. The Morgan fingerprint density at radius 1 is 1.11 bits per heavy atom. The van der Waals surface area contributed by atoms with Crippen molar-refractivity contribution in [3.63, 3.8) is 0 Å². The average molecular weight is 277 g/mol. The van der Waals surface area contributed by atoms with Gasteiger partial charge in [-0.3, -0.25) is 0 Å². The molecule has 2 nitrogen and oxygen atoms in total. The maximum atomic E-state index is 12.5. The molecule has 2 atom stereocenters. The molecule has 0 saturated heterocycles. The van der Waals surface area contributed by atoms with Crippen LogP contribution in [0.3, 0.4) is 0 Å². The molecule has 2 unspecified atom stereocenters. The van der Waals surface area contributed by atoms with E-state index >= 15 is 0 Å². The zero-order valence-corrected chi connectivity index (χ0v) is 9.73. The second kappa shape index (κ2) is 5.34. The molecule has 8 heteroatoms. The predicted octanol–water partition coefficient (Wildman–Crippen LogP) is 3.42. The van der Waals surface area contributed by atoms with E-state index in [-0.39, 0.29) is 6.42 Å². The fourth-order valence-corrected chi connectivity index (χ4v) is 1.63. The molecule has 106 valence electrons. The van der Waals surface area contributed by atoms with Crippen LogP contribution < -0.4 is 0 Å². The molecule has 0 aliphatic carbocycles. The van der Waals surface area contributed by atoms with Crippen LogP contribution in [0.25, 0.3) is 0 Å². The van der Waals surface area contributed by atoms with Gasteiger partial charge >= 0.3 is 12.4 Å². The number of alkyl halides is 6. The van der Waals surface area contributed by atoms with Crippen molar-refractivity contribution in [3.05, 3.63) is 0 Å². The summed E-state index contributed by atoms with van der Waals surface area (Å²) in [6, 6.07) is 1.61. The zero-order chi connectivity index (χ0) is 14.8. The van der Waals surface area contributed by atoms with Crippen LogP contribution in [0.1, 0.15) is 26.7 Å². The number of nitrogens with zero attached hydrogens (tertiary/aromatic N) is 1. The fraction of sp³-hybridized carbons (Fsp3) is 0.900. The Bertz CT molecular complexity index is 302. The van der Waals surface area contributed by atoms with Gasteiger partial charge in [-0.1, -0.05) is 13.8 Å². The molecule has 0 saturated carbocycles. The highest BCUT2D eigenvalue weighted by Gasteiger charge is 2.72. The van der Waals surface area contributed by atoms with Gasteiger partial charge in [-0.25, -0.2) is 0 Å². The standard InChI is InChI=1S/C10H13F6NO/c1-3-7(5-17)4-6(2)8(18,9(11,12)13)10(14,15)16/h6-7,18H,3-4H2,1-2H3. The second-order valence-electron chi connectivity index (χ2n) is 4.13. The van der Waals surface area contributed by atoms with Gasteiger partial charge in [-0.05, 0) is 12.8 Å². The van der Waals surface area contributed by atoms with E-state index in [0.29, 0.717) is 6.92 Å². The number of aliphatic hydroxyl groups is 1. The Morgan fingerprint density at radius 3 is 1.72 bits per heavy atom. The highest BCUT2D eigenvalue weighted by atomic mass is 19.4. The lowest BCUT2D eigenvalue weighted by Crippen LogP contribution is -2.61. The molecule has 0 aromatic carbocycles. The van der Waals surface area contributed by atoms with Crippen LogP contribution in [-0.2, 0) is 0 Å². The van der Waals surface area contributed by atoms with Crippen molar-refractivity contribution in [1.29, 1.82) is 5.26 Å². The molecule has 0 fully saturated rings. The molecule has 18 heavy (non-hydrogen) atoms. The zero-order valence-electron chi connectivity index (χ0n) is 9.73. The average Bonchev–Trinajstić information content (AvgIpc) is 2.20. The lowest BCUT2D eigenvalue weighted by molar-refractivity contribution is -0.384. The number of hydrogen-bond donors (Lipinski definition) is 1. The van der Waals surface area contributed by atoms with Crippen molar-refractivity contribution in [3.8, 4) is 6.07 Å². The molecule has 0 aromatic heterocycles. The number of rotatable bonds is 4. The highest BCUT2D eigenvalue weighted by molar-refractivity contribution is 4.99. The number of hydrogen-bond acceptors (Lipinski definition) is 2. The van der Waals surface area contributed by atoms with Crippen molar-refractivity contribution in [1.82, 2.24) is 0 Å². The number of halogens is 6. The van der Waals surface area contributed by atoms with Crippen molar-refractivity contribution in [2.75, 3.05) is 0 Å². The SMILES string of the molecule is CCC(C#N)CC(C)C(O)(C(F)(F)F)C(F)(F)F. The van der Waals surface area contributed by atoms with Gasteiger partial charge in [-0.15, -0.1) is 0 Å². The van der Waals surface area contributed by atoms with Gasteiger partial charge < -0.3 is 5.11 Å². The van der Waals surface area contributed by atoms with E-state index in [9.17, 15) is 26.3 Å². The largest absolute Gasteiger partial charge is 0.426 e. The Morgan fingerprint density at radius 2 is 1.50 bits per heavy atom. The first-order chi connectivity index (χ1) is 7.91. The molecule has 0 amide bonds. The van der Waals surface area contributed by atoms with Gasteiger partial charge in [0.2, 0.25) is 0 Å². The summed E-state index contributed by atoms with van der Waals surface area (Å²) in [6.07, 6.45) is -12.2. The third-order valence-corrected chi connectivity index (χ3v) is 2.89. The smallest absolute Gasteiger partial charge is 0.373 e. The lowest BCUT2D eigenvalue weighted by Gasteiger charge is -2.37. The van der Waals surface area contributed by atoms with Crippen molar-refractivity contribution < 1.29 is 31.4 Å². The first-order valence-electron chi connectivity index (χ1n) is 5.17. The highest BCUT2D eigenvalue weighted by Crippen LogP contribution is 2.49. The molecular weight excluding hydrogens is 264 g/mol. The molecule has 0 spiro atoms. The molecule has 0 aromatic rings. The van der Waals surface area contributed by atoms with E-state index in [2.05, 4.69) is 0 Å². The van der Waals surface area contributed by atoms with Gasteiger partial charge in [0.1, 0.15) is 0 Å². The molecule has 0 heterocycles. The molecule has 0 rings (SSSR count). The quantitative estimate of drug-likeness (QED) is 0.800. The van der Waals surface area contributed by atoms with E-state index in [1.165, 1.54) is 6.92 Å². The maximum Gasteiger partial charge on any atom is 0.426 e. The van der Waals surface area contributed by atoms with Crippen LogP contribution in [0.4, 0.5) is 26.3 Å². The Kier molecular flexibility index (Phi) is 5.06. The van der Waals surface area contributed by atoms with Gasteiger partial charge in [0.05, 0.1) is 6.07 Å². The normalized spacial score (nSPS) is 17.1. The minimum atomic E-state index is -5.83. The van der Waals surface area contributed by atoms with Gasteiger partial charge in [0, 0.05) is 11.8 Å². The van der Waals surface area contributed by atoms with Crippen LogP contribution in [0.15, 0.2) is 0 Å². The van der Waals surface area contributed by atoms with Gasteiger partial charge in [0.25, 0.3) is 5.60 Å². The van der Waals surface area contributed by atoms with Crippen LogP contribution >= 0.6 is 0 Å². The molecule has 0 bridgehead atoms. The summed E-state index contributed by atoms with van der Waals surface area (Å²) in [5, 5.41) is 17.6. The summed E-state index contributed by atoms with van der Waals surface area (Å²) in [4.78, 5) is 0. The summed E-state index contributed by atoms with van der Waals surface area (Å²) < 4.78 is 74.7. The topological polar surface area (TPSA) is 44.0 Å². The summed E-state index contributed by atoms with van der Waals surface area (Å²) in [5.41, 5.74) is -4.79. The molecule has 0 aliphatic heterocycles. The molecule has 0 radical (unpaired) electrons. The second-order valence-corrected chi connectivity index (χ2v) is 4.13. The van der Waals surface area contributed by atoms with Crippen LogP contribution in [-0.4, -0.2) is 23.1 Å². The molecular formula is C10H13F6NO. The van der Waals surface area contributed by atoms with Gasteiger partial charge in [0.15, 0.2) is 0 Å². The third kappa shape index (κ3) is 3.07. The van der Waals surface area contributed by atoms with Crippen LogP contribution in [0.5, 0.6) is 0 Å². The Labute approximate surface area is 100 Å². The molecule has 0 aliphatic rings. The van der Waals surface area contributed by atoms with E-state index in [1.807, 2.05) is 0 Å². The van der Waals surface area contributed by atoms with E-state index in [4.69, 9.17) is 10.4 Å². The van der Waals surface area contributed by atoms with E-state index in [0.717, 1.165) is 0 Å². The van der Waals surface area contributed by atoms with Crippen molar-refractivity contribution >= 4 is 0 Å². The fourth-order valence-electron chi connectivity index (χ4n) is 1.63. The minimum absolute atomic E-state index is 0.118.